The van der Waals surface area contributed by atoms with Gasteiger partial charge in [0, 0.05) is 18.0 Å². The van der Waals surface area contributed by atoms with Gasteiger partial charge in [0.05, 0.1) is 11.8 Å². The minimum Gasteiger partial charge on any atom is -0.245 e. The van der Waals surface area contributed by atoms with Crippen molar-refractivity contribution >= 4 is 12.2 Å². The second-order valence-electron chi connectivity index (χ2n) is 5.29. The highest BCUT2D eigenvalue weighted by molar-refractivity contribution is 5.79. The van der Waals surface area contributed by atoms with E-state index < -0.39 is 11.7 Å². The molecular formula is C18H12F4N4. The molecule has 0 aliphatic carbocycles. The van der Waals surface area contributed by atoms with Gasteiger partial charge in [-0.05, 0) is 35.4 Å². The Morgan fingerprint density at radius 2 is 1.46 bits per heavy atom. The van der Waals surface area contributed by atoms with E-state index in [9.17, 15) is 17.6 Å². The standard InChI is InChI=1S/C18H12F4N4/c19-16-7-1-12(2-8-16)9-25-26-17-23-10-14(11-24-17)13-3-5-15(6-4-13)18(20,21)22/h1-11H,(H,23,24,26)/b25-9+. The Morgan fingerprint density at radius 1 is 0.846 bits per heavy atom. The zero-order chi connectivity index (χ0) is 18.6. The Balaban J connectivity index is 1.65. The summed E-state index contributed by atoms with van der Waals surface area (Å²) in [4.78, 5) is 8.11. The minimum absolute atomic E-state index is 0.221. The molecule has 0 amide bonds. The molecule has 0 spiro atoms. The molecule has 0 saturated heterocycles. The molecule has 1 heterocycles. The van der Waals surface area contributed by atoms with Crippen LogP contribution < -0.4 is 5.43 Å². The molecular weight excluding hydrogens is 348 g/mol. The SMILES string of the molecule is Fc1ccc(/C=N/Nc2ncc(-c3ccc(C(F)(F)F)cc3)cn2)cc1. The largest absolute Gasteiger partial charge is 0.416 e. The summed E-state index contributed by atoms with van der Waals surface area (Å²) in [6, 6.07) is 10.5. The van der Waals surface area contributed by atoms with Crippen LogP contribution in [0, 0.1) is 5.82 Å². The molecule has 3 rings (SSSR count). The predicted molar refractivity (Wildman–Crippen MR) is 90.1 cm³/mol. The van der Waals surface area contributed by atoms with Gasteiger partial charge in [-0.15, -0.1) is 0 Å². The third kappa shape index (κ3) is 4.41. The van der Waals surface area contributed by atoms with Crippen LogP contribution in [0.3, 0.4) is 0 Å². The number of hydrogen-bond donors (Lipinski definition) is 1. The molecule has 1 N–H and O–H groups in total. The summed E-state index contributed by atoms with van der Waals surface area (Å²) < 4.78 is 50.5. The number of rotatable bonds is 4. The first-order chi connectivity index (χ1) is 12.4. The van der Waals surface area contributed by atoms with Crippen molar-refractivity contribution in [3.05, 3.63) is 77.9 Å². The van der Waals surface area contributed by atoms with Gasteiger partial charge in [0.25, 0.3) is 0 Å². The predicted octanol–water partition coefficient (Wildman–Crippen LogP) is 4.75. The van der Waals surface area contributed by atoms with Crippen molar-refractivity contribution < 1.29 is 17.6 Å². The molecule has 2 aromatic carbocycles. The second kappa shape index (κ2) is 7.30. The van der Waals surface area contributed by atoms with E-state index in [-0.39, 0.29) is 11.8 Å². The maximum Gasteiger partial charge on any atom is 0.416 e. The molecule has 0 aliphatic heterocycles. The van der Waals surface area contributed by atoms with Gasteiger partial charge < -0.3 is 0 Å². The zero-order valence-corrected chi connectivity index (χ0v) is 13.2. The number of hydrogen-bond acceptors (Lipinski definition) is 4. The van der Waals surface area contributed by atoms with E-state index in [0.29, 0.717) is 16.7 Å². The topological polar surface area (TPSA) is 50.2 Å². The average molecular weight is 360 g/mol. The fourth-order valence-corrected chi connectivity index (χ4v) is 2.10. The number of halogens is 4. The lowest BCUT2D eigenvalue weighted by Gasteiger charge is -2.07. The normalized spacial score (nSPS) is 11.7. The summed E-state index contributed by atoms with van der Waals surface area (Å²) in [6.45, 7) is 0. The van der Waals surface area contributed by atoms with Crippen LogP contribution in [-0.2, 0) is 6.18 Å². The summed E-state index contributed by atoms with van der Waals surface area (Å²) >= 11 is 0. The maximum absolute atomic E-state index is 12.8. The third-order valence-corrected chi connectivity index (χ3v) is 3.45. The highest BCUT2D eigenvalue weighted by Gasteiger charge is 2.29. The first-order valence-corrected chi connectivity index (χ1v) is 7.46. The molecule has 132 valence electrons. The Kier molecular flexibility index (Phi) is 4.92. The monoisotopic (exact) mass is 360 g/mol. The van der Waals surface area contributed by atoms with Crippen LogP contribution in [0.4, 0.5) is 23.5 Å². The lowest BCUT2D eigenvalue weighted by molar-refractivity contribution is -0.137. The fourth-order valence-electron chi connectivity index (χ4n) is 2.10. The second-order valence-corrected chi connectivity index (χ2v) is 5.29. The first kappa shape index (κ1) is 17.5. The number of nitrogens with zero attached hydrogens (tertiary/aromatic N) is 3. The van der Waals surface area contributed by atoms with Crippen LogP contribution in [0.1, 0.15) is 11.1 Å². The van der Waals surface area contributed by atoms with Crippen LogP contribution in [0.15, 0.2) is 66.0 Å². The van der Waals surface area contributed by atoms with E-state index in [1.54, 1.807) is 12.1 Å². The van der Waals surface area contributed by atoms with Gasteiger partial charge in [-0.25, -0.2) is 19.8 Å². The average Bonchev–Trinajstić information content (AvgIpc) is 2.63. The molecule has 8 heteroatoms. The van der Waals surface area contributed by atoms with E-state index in [1.807, 2.05) is 0 Å². The van der Waals surface area contributed by atoms with Gasteiger partial charge >= 0.3 is 6.18 Å². The Bertz CT molecular complexity index is 886. The quantitative estimate of drug-likeness (QED) is 0.415. The Labute approximate surface area is 146 Å². The lowest BCUT2D eigenvalue weighted by Crippen LogP contribution is -2.04. The van der Waals surface area contributed by atoms with Crippen molar-refractivity contribution in [2.24, 2.45) is 5.10 Å². The molecule has 0 fully saturated rings. The van der Waals surface area contributed by atoms with E-state index in [2.05, 4.69) is 20.5 Å². The van der Waals surface area contributed by atoms with Gasteiger partial charge in [0.1, 0.15) is 5.82 Å². The third-order valence-electron chi connectivity index (χ3n) is 3.45. The molecule has 0 unspecified atom stereocenters. The summed E-state index contributed by atoms with van der Waals surface area (Å²) in [7, 11) is 0. The van der Waals surface area contributed by atoms with Gasteiger partial charge in [-0.2, -0.15) is 18.3 Å². The molecule has 0 radical (unpaired) electrons. The van der Waals surface area contributed by atoms with E-state index >= 15 is 0 Å². The lowest BCUT2D eigenvalue weighted by atomic mass is 10.1. The van der Waals surface area contributed by atoms with Crippen molar-refractivity contribution in [3.63, 3.8) is 0 Å². The fraction of sp³-hybridized carbons (Fsp3) is 0.0556. The van der Waals surface area contributed by atoms with Gasteiger partial charge in [-0.3, -0.25) is 0 Å². The highest BCUT2D eigenvalue weighted by atomic mass is 19.4. The molecule has 26 heavy (non-hydrogen) atoms. The number of alkyl halides is 3. The number of aromatic nitrogens is 2. The number of anilines is 1. The molecule has 4 nitrogen and oxygen atoms in total. The molecule has 0 bridgehead atoms. The maximum atomic E-state index is 12.8. The summed E-state index contributed by atoms with van der Waals surface area (Å²) in [5.41, 5.74) is 3.75. The van der Waals surface area contributed by atoms with E-state index in [1.165, 1.54) is 42.9 Å². The first-order valence-electron chi connectivity index (χ1n) is 7.46. The summed E-state index contributed by atoms with van der Waals surface area (Å²) in [5, 5.41) is 3.94. The molecule has 0 aliphatic rings. The Hall–Kier alpha value is -3.29. The summed E-state index contributed by atoms with van der Waals surface area (Å²) in [5.74, 6) is -0.115. The van der Waals surface area contributed by atoms with E-state index in [0.717, 1.165) is 12.1 Å². The van der Waals surface area contributed by atoms with Crippen molar-refractivity contribution in [1.82, 2.24) is 9.97 Å². The van der Waals surface area contributed by atoms with Gasteiger partial charge in [0.15, 0.2) is 0 Å². The highest BCUT2D eigenvalue weighted by Crippen LogP contribution is 2.30. The van der Waals surface area contributed by atoms with Crippen molar-refractivity contribution in [1.29, 1.82) is 0 Å². The number of benzene rings is 2. The van der Waals surface area contributed by atoms with Crippen LogP contribution in [0.2, 0.25) is 0 Å². The smallest absolute Gasteiger partial charge is 0.245 e. The number of nitrogens with one attached hydrogen (secondary N) is 1. The number of hydrazone groups is 1. The van der Waals surface area contributed by atoms with Gasteiger partial charge in [0.2, 0.25) is 5.95 Å². The van der Waals surface area contributed by atoms with Crippen molar-refractivity contribution in [2.45, 2.75) is 6.18 Å². The van der Waals surface area contributed by atoms with E-state index in [4.69, 9.17) is 0 Å². The minimum atomic E-state index is -4.37. The van der Waals surface area contributed by atoms with Crippen molar-refractivity contribution in [3.8, 4) is 11.1 Å². The molecule has 0 saturated carbocycles. The van der Waals surface area contributed by atoms with Crippen LogP contribution >= 0.6 is 0 Å². The molecule has 1 aromatic heterocycles. The van der Waals surface area contributed by atoms with Crippen molar-refractivity contribution in [2.75, 3.05) is 5.43 Å². The summed E-state index contributed by atoms with van der Waals surface area (Å²) in [6.07, 6.45) is 0.0641. The molecule has 0 atom stereocenters. The molecule has 3 aromatic rings. The van der Waals surface area contributed by atoms with Crippen LogP contribution in [-0.4, -0.2) is 16.2 Å². The van der Waals surface area contributed by atoms with Crippen LogP contribution in [0.25, 0.3) is 11.1 Å². The Morgan fingerprint density at radius 3 is 2.04 bits per heavy atom. The van der Waals surface area contributed by atoms with Crippen LogP contribution in [0.5, 0.6) is 0 Å². The zero-order valence-electron chi connectivity index (χ0n) is 13.2. The van der Waals surface area contributed by atoms with Gasteiger partial charge in [-0.1, -0.05) is 24.3 Å².